The Morgan fingerprint density at radius 2 is 1.90 bits per heavy atom. The third kappa shape index (κ3) is 4.82. The normalized spacial score (nSPS) is 10.2. The van der Waals surface area contributed by atoms with Gasteiger partial charge in [0.15, 0.2) is 0 Å². The topological polar surface area (TPSA) is 54.0 Å². The van der Waals surface area contributed by atoms with Crippen LogP contribution in [0.2, 0.25) is 0 Å². The molecule has 0 bridgehead atoms. The molecule has 4 nitrogen and oxygen atoms in total. The van der Waals surface area contributed by atoms with E-state index in [9.17, 15) is 4.79 Å². The lowest BCUT2D eigenvalue weighted by molar-refractivity contribution is 0.0955. The van der Waals surface area contributed by atoms with E-state index >= 15 is 0 Å². The van der Waals surface area contributed by atoms with Crippen LogP contribution in [-0.2, 0) is 0 Å². The van der Waals surface area contributed by atoms with Crippen molar-refractivity contribution in [3.8, 4) is 0 Å². The van der Waals surface area contributed by atoms with Crippen molar-refractivity contribution in [3.05, 3.63) is 56.6 Å². The highest BCUT2D eigenvalue weighted by Crippen LogP contribution is 2.22. The molecule has 1 aromatic heterocycles. The number of rotatable bonds is 5. The van der Waals surface area contributed by atoms with Crippen molar-refractivity contribution in [2.24, 2.45) is 0 Å². The molecule has 0 fully saturated rings. The van der Waals surface area contributed by atoms with Crippen molar-refractivity contribution in [2.75, 3.05) is 18.4 Å². The van der Waals surface area contributed by atoms with Gasteiger partial charge in [-0.25, -0.2) is 4.98 Å². The number of halogens is 2. The lowest BCUT2D eigenvalue weighted by Gasteiger charge is -2.09. The molecule has 1 aromatic carbocycles. The summed E-state index contributed by atoms with van der Waals surface area (Å²) in [6, 6.07) is 9.42. The Morgan fingerprint density at radius 3 is 2.57 bits per heavy atom. The van der Waals surface area contributed by atoms with E-state index in [1.165, 1.54) is 0 Å². The zero-order valence-corrected chi connectivity index (χ0v) is 14.7. The van der Waals surface area contributed by atoms with Crippen molar-refractivity contribution in [1.82, 2.24) is 10.3 Å². The number of hydrogen-bond donors (Lipinski definition) is 2. The molecule has 6 heteroatoms. The maximum atomic E-state index is 11.9. The molecule has 110 valence electrons. The fourth-order valence-electron chi connectivity index (χ4n) is 1.71. The molecule has 21 heavy (non-hydrogen) atoms. The van der Waals surface area contributed by atoms with Crippen LogP contribution in [0.1, 0.15) is 15.9 Å². The molecule has 0 aliphatic heterocycles. The van der Waals surface area contributed by atoms with E-state index < -0.39 is 0 Å². The largest absolute Gasteiger partial charge is 0.367 e. The molecule has 2 N–H and O–H groups in total. The maximum Gasteiger partial charge on any atom is 0.251 e. The molecule has 2 aromatic rings. The third-order valence-corrected chi connectivity index (χ3v) is 3.86. The second-order valence-corrected chi connectivity index (χ2v) is 6.30. The van der Waals surface area contributed by atoms with Crippen LogP contribution in [-0.4, -0.2) is 24.0 Å². The van der Waals surface area contributed by atoms with Gasteiger partial charge in [0.25, 0.3) is 5.91 Å². The number of benzene rings is 1. The van der Waals surface area contributed by atoms with Crippen molar-refractivity contribution in [3.63, 3.8) is 0 Å². The van der Waals surface area contributed by atoms with E-state index in [0.29, 0.717) is 18.7 Å². The fourth-order valence-corrected chi connectivity index (χ4v) is 2.84. The number of carbonyl (C=O) groups excluding carboxylic acids is 1. The minimum Gasteiger partial charge on any atom is -0.367 e. The molecule has 0 radical (unpaired) electrons. The van der Waals surface area contributed by atoms with E-state index in [-0.39, 0.29) is 5.91 Å². The van der Waals surface area contributed by atoms with Gasteiger partial charge in [0.05, 0.1) is 4.47 Å². The van der Waals surface area contributed by atoms with E-state index in [1.54, 1.807) is 6.20 Å². The van der Waals surface area contributed by atoms with Gasteiger partial charge in [-0.15, -0.1) is 0 Å². The van der Waals surface area contributed by atoms with Crippen LogP contribution in [0, 0.1) is 6.92 Å². The number of carbonyl (C=O) groups is 1. The monoisotopic (exact) mass is 411 g/mol. The van der Waals surface area contributed by atoms with Crippen molar-refractivity contribution < 1.29 is 4.79 Å². The second kappa shape index (κ2) is 7.56. The number of pyridine rings is 1. The Hall–Kier alpha value is -1.40. The van der Waals surface area contributed by atoms with E-state index in [0.717, 1.165) is 20.3 Å². The first-order valence-corrected chi connectivity index (χ1v) is 8.04. The number of amides is 1. The number of nitrogens with zero attached hydrogens (tertiary/aromatic N) is 1. The molecule has 0 unspecified atom stereocenters. The highest BCUT2D eigenvalue weighted by atomic mass is 79.9. The summed E-state index contributed by atoms with van der Waals surface area (Å²) in [5, 5.41) is 6.03. The summed E-state index contributed by atoms with van der Waals surface area (Å²) in [6.07, 6.45) is 1.72. The van der Waals surface area contributed by atoms with Crippen LogP contribution in [0.5, 0.6) is 0 Å². The molecule has 0 aliphatic rings. The van der Waals surface area contributed by atoms with E-state index in [4.69, 9.17) is 0 Å². The highest BCUT2D eigenvalue weighted by Gasteiger charge is 2.05. The number of anilines is 1. The van der Waals surface area contributed by atoms with Crippen LogP contribution in [0.25, 0.3) is 0 Å². The molecule has 0 atom stereocenters. The van der Waals surface area contributed by atoms with Gasteiger partial charge in [-0.1, -0.05) is 17.7 Å². The van der Waals surface area contributed by atoms with Gasteiger partial charge in [0.2, 0.25) is 0 Å². The molecule has 0 spiro atoms. The van der Waals surface area contributed by atoms with Crippen LogP contribution in [0.3, 0.4) is 0 Å². The predicted molar refractivity (Wildman–Crippen MR) is 91.6 cm³/mol. The SMILES string of the molecule is Cc1ccc(C(=O)NCCNc2ncc(Br)cc2Br)cc1. The van der Waals surface area contributed by atoms with Crippen molar-refractivity contribution >= 4 is 43.6 Å². The zero-order valence-electron chi connectivity index (χ0n) is 11.5. The van der Waals surface area contributed by atoms with Gasteiger partial charge in [-0.2, -0.15) is 0 Å². The van der Waals surface area contributed by atoms with E-state index in [1.807, 2.05) is 37.3 Å². The summed E-state index contributed by atoms with van der Waals surface area (Å²) in [6.45, 7) is 3.12. The van der Waals surface area contributed by atoms with Crippen molar-refractivity contribution in [2.45, 2.75) is 6.92 Å². The Kier molecular flexibility index (Phi) is 5.76. The molecule has 0 aliphatic carbocycles. The molecule has 1 heterocycles. The summed E-state index contributed by atoms with van der Waals surface area (Å²) in [7, 11) is 0. The van der Waals surface area contributed by atoms with Gasteiger partial charge in [0, 0.05) is 29.3 Å². The lowest BCUT2D eigenvalue weighted by atomic mass is 10.1. The number of hydrogen-bond acceptors (Lipinski definition) is 3. The minimum absolute atomic E-state index is 0.0698. The van der Waals surface area contributed by atoms with Gasteiger partial charge in [0.1, 0.15) is 5.82 Å². The average Bonchev–Trinajstić information content (AvgIpc) is 2.46. The summed E-state index contributed by atoms with van der Waals surface area (Å²) < 4.78 is 1.79. The smallest absolute Gasteiger partial charge is 0.251 e. The average molecular weight is 413 g/mol. The lowest BCUT2D eigenvalue weighted by Crippen LogP contribution is -2.28. The summed E-state index contributed by atoms with van der Waals surface area (Å²) >= 11 is 6.78. The maximum absolute atomic E-state index is 11.9. The summed E-state index contributed by atoms with van der Waals surface area (Å²) in [5.41, 5.74) is 1.81. The summed E-state index contributed by atoms with van der Waals surface area (Å²) in [4.78, 5) is 16.2. The molecular weight excluding hydrogens is 398 g/mol. The molecule has 0 saturated carbocycles. The quantitative estimate of drug-likeness (QED) is 0.735. The molecule has 0 saturated heterocycles. The number of nitrogens with one attached hydrogen (secondary N) is 2. The molecule has 2 rings (SSSR count). The Balaban J connectivity index is 1.79. The van der Waals surface area contributed by atoms with Crippen LogP contribution < -0.4 is 10.6 Å². The Bertz CT molecular complexity index is 629. The molecule has 1 amide bonds. The first kappa shape index (κ1) is 16.0. The standard InChI is InChI=1S/C15H15Br2N3O/c1-10-2-4-11(5-3-10)15(21)19-7-6-18-14-13(17)8-12(16)9-20-14/h2-5,8-9H,6-7H2,1H3,(H,18,20)(H,19,21). The van der Waals surface area contributed by atoms with Gasteiger partial charge >= 0.3 is 0 Å². The number of aromatic nitrogens is 1. The first-order chi connectivity index (χ1) is 10.1. The van der Waals surface area contributed by atoms with Gasteiger partial charge < -0.3 is 10.6 Å². The second-order valence-electron chi connectivity index (χ2n) is 4.53. The Morgan fingerprint density at radius 1 is 1.19 bits per heavy atom. The van der Waals surface area contributed by atoms with E-state index in [2.05, 4.69) is 47.5 Å². The highest BCUT2D eigenvalue weighted by molar-refractivity contribution is 9.11. The first-order valence-electron chi connectivity index (χ1n) is 6.46. The minimum atomic E-state index is -0.0698. The summed E-state index contributed by atoms with van der Waals surface area (Å²) in [5.74, 6) is 0.683. The van der Waals surface area contributed by atoms with Gasteiger partial charge in [-0.05, 0) is 57.0 Å². The van der Waals surface area contributed by atoms with Crippen molar-refractivity contribution in [1.29, 1.82) is 0 Å². The molecular formula is C15H15Br2N3O. The zero-order chi connectivity index (χ0) is 15.2. The van der Waals surface area contributed by atoms with Crippen LogP contribution in [0.4, 0.5) is 5.82 Å². The fraction of sp³-hybridized carbons (Fsp3) is 0.200. The third-order valence-electron chi connectivity index (χ3n) is 2.82. The predicted octanol–water partition coefficient (Wildman–Crippen LogP) is 3.76. The number of aryl methyl sites for hydroxylation is 1. The van der Waals surface area contributed by atoms with Gasteiger partial charge in [-0.3, -0.25) is 4.79 Å². The Labute approximate surface area is 140 Å². The van der Waals surface area contributed by atoms with Crippen LogP contribution in [0.15, 0.2) is 45.5 Å². The van der Waals surface area contributed by atoms with Crippen LogP contribution >= 0.6 is 31.9 Å².